The fourth-order valence-corrected chi connectivity index (χ4v) is 3.69. The lowest BCUT2D eigenvalue weighted by Crippen LogP contribution is -2.42. The number of carbonyl (C=O) groups is 1. The molecule has 2 aliphatic rings. The molecule has 2 aromatic rings. The Bertz CT molecular complexity index is 867. The second kappa shape index (κ2) is 8.00. The van der Waals surface area contributed by atoms with Gasteiger partial charge < -0.3 is 15.4 Å². The molecule has 1 aromatic heterocycles. The molecule has 1 saturated heterocycles. The molecule has 6 heteroatoms. The molecule has 0 bridgehead atoms. The molecule has 1 aromatic carbocycles. The second-order valence-electron chi connectivity index (χ2n) is 7.52. The molecule has 1 aliphatic carbocycles. The molecule has 2 heterocycles. The first-order valence-corrected chi connectivity index (χ1v) is 9.92. The monoisotopic (exact) mass is 378 g/mol. The maximum atomic E-state index is 12.1. The Balaban J connectivity index is 1.35. The molecule has 0 unspecified atom stereocenters. The molecular formula is C22H26N4O2. The number of aliphatic imine (C=N–C) groups is 1. The van der Waals surface area contributed by atoms with Crippen LogP contribution in [0, 0.1) is 12.8 Å². The Morgan fingerprint density at radius 1 is 1.14 bits per heavy atom. The predicted octanol–water partition coefficient (Wildman–Crippen LogP) is 3.46. The summed E-state index contributed by atoms with van der Waals surface area (Å²) in [6.07, 6.45) is 5.35. The molecule has 146 valence electrons. The zero-order valence-electron chi connectivity index (χ0n) is 16.2. The lowest BCUT2D eigenvalue weighted by atomic mass is 10.0. The Labute approximate surface area is 165 Å². The second-order valence-corrected chi connectivity index (χ2v) is 7.52. The molecule has 2 N–H and O–H groups in total. The third-order valence-corrected chi connectivity index (χ3v) is 5.43. The summed E-state index contributed by atoms with van der Waals surface area (Å²) in [5.41, 5.74) is 8.39. The van der Waals surface area contributed by atoms with Crippen LogP contribution in [0.4, 0.5) is 5.82 Å². The van der Waals surface area contributed by atoms with Gasteiger partial charge in [-0.25, -0.2) is 9.98 Å². The van der Waals surface area contributed by atoms with E-state index in [1.165, 1.54) is 6.34 Å². The Kier molecular flexibility index (Phi) is 5.28. The largest absolute Gasteiger partial charge is 0.490 e. The van der Waals surface area contributed by atoms with Gasteiger partial charge in [0.15, 0.2) is 5.82 Å². The molecule has 4 rings (SSSR count). The van der Waals surface area contributed by atoms with Crippen LogP contribution in [0.2, 0.25) is 0 Å². The summed E-state index contributed by atoms with van der Waals surface area (Å²) < 4.78 is 6.15. The number of likely N-dealkylation sites (tertiary alicyclic amines) is 1. The Morgan fingerprint density at radius 2 is 1.86 bits per heavy atom. The number of nitrogens with two attached hydrogens (primary N) is 1. The standard InChI is InChI=1S/C22H26N4O2/c1-15-20(8-9-21(25-15)24-14-23)16-4-6-18(7-5-16)28-19-10-12-26(13-11-19)22(27)17-2-3-17/h4-9,14,17,19H,2-3,10-13H2,1H3,(H2,23,24,25). The van der Waals surface area contributed by atoms with Crippen molar-refractivity contribution in [2.75, 3.05) is 13.1 Å². The van der Waals surface area contributed by atoms with Crippen molar-refractivity contribution in [2.24, 2.45) is 16.6 Å². The van der Waals surface area contributed by atoms with Crippen LogP contribution in [0.15, 0.2) is 41.4 Å². The SMILES string of the molecule is Cc1nc(N=CN)ccc1-c1ccc(OC2CCN(C(=O)C3CC3)CC2)cc1. The smallest absolute Gasteiger partial charge is 0.225 e. The highest BCUT2D eigenvalue weighted by Crippen LogP contribution is 2.32. The molecule has 0 radical (unpaired) electrons. The van der Waals surface area contributed by atoms with Crippen molar-refractivity contribution in [3.63, 3.8) is 0 Å². The number of nitrogens with zero attached hydrogens (tertiary/aromatic N) is 3. The van der Waals surface area contributed by atoms with Crippen LogP contribution < -0.4 is 10.5 Å². The van der Waals surface area contributed by atoms with Crippen molar-refractivity contribution < 1.29 is 9.53 Å². The molecule has 28 heavy (non-hydrogen) atoms. The number of amides is 1. The molecule has 2 fully saturated rings. The number of carbonyl (C=O) groups excluding carboxylic acids is 1. The number of aromatic nitrogens is 1. The summed E-state index contributed by atoms with van der Waals surface area (Å²) in [7, 11) is 0. The number of benzene rings is 1. The van der Waals surface area contributed by atoms with E-state index in [2.05, 4.69) is 22.1 Å². The van der Waals surface area contributed by atoms with Gasteiger partial charge in [-0.05, 0) is 49.6 Å². The van der Waals surface area contributed by atoms with E-state index >= 15 is 0 Å². The van der Waals surface area contributed by atoms with Gasteiger partial charge in [0, 0.05) is 43.1 Å². The van der Waals surface area contributed by atoms with Crippen LogP contribution in [0.1, 0.15) is 31.4 Å². The molecular weight excluding hydrogens is 352 g/mol. The summed E-state index contributed by atoms with van der Waals surface area (Å²) in [6, 6.07) is 12.0. The highest BCUT2D eigenvalue weighted by Gasteiger charge is 2.35. The van der Waals surface area contributed by atoms with E-state index < -0.39 is 0 Å². The Morgan fingerprint density at radius 3 is 2.46 bits per heavy atom. The van der Waals surface area contributed by atoms with Crippen LogP contribution in [0.25, 0.3) is 11.1 Å². The van der Waals surface area contributed by atoms with Crippen LogP contribution in [0.3, 0.4) is 0 Å². The molecule has 0 spiro atoms. The first-order valence-electron chi connectivity index (χ1n) is 9.92. The summed E-state index contributed by atoms with van der Waals surface area (Å²) in [6.45, 7) is 3.58. The van der Waals surface area contributed by atoms with Crippen LogP contribution in [-0.4, -0.2) is 41.3 Å². The maximum absolute atomic E-state index is 12.1. The summed E-state index contributed by atoms with van der Waals surface area (Å²) >= 11 is 0. The van der Waals surface area contributed by atoms with E-state index in [1.807, 2.05) is 36.1 Å². The average Bonchev–Trinajstić information content (AvgIpc) is 3.55. The minimum Gasteiger partial charge on any atom is -0.490 e. The van der Waals surface area contributed by atoms with Crippen molar-refractivity contribution >= 4 is 18.1 Å². The molecule has 1 aliphatic heterocycles. The maximum Gasteiger partial charge on any atom is 0.225 e. The topological polar surface area (TPSA) is 80.8 Å². The van der Waals surface area contributed by atoms with Crippen molar-refractivity contribution in [1.29, 1.82) is 0 Å². The van der Waals surface area contributed by atoms with Crippen molar-refractivity contribution in [3.8, 4) is 16.9 Å². The van der Waals surface area contributed by atoms with Gasteiger partial charge in [0.1, 0.15) is 11.9 Å². The quantitative estimate of drug-likeness (QED) is 0.638. The minimum atomic E-state index is 0.172. The first-order chi connectivity index (χ1) is 13.6. The predicted molar refractivity (Wildman–Crippen MR) is 110 cm³/mol. The fourth-order valence-electron chi connectivity index (χ4n) is 3.69. The number of aryl methyl sites for hydroxylation is 1. The van der Waals surface area contributed by atoms with Gasteiger partial charge >= 0.3 is 0 Å². The number of hydrogen-bond donors (Lipinski definition) is 1. The van der Waals surface area contributed by atoms with E-state index in [9.17, 15) is 4.79 Å². The van der Waals surface area contributed by atoms with Gasteiger partial charge in [-0.2, -0.15) is 0 Å². The summed E-state index contributed by atoms with van der Waals surface area (Å²) in [5, 5.41) is 0. The van der Waals surface area contributed by atoms with Crippen LogP contribution in [0.5, 0.6) is 5.75 Å². The Hall–Kier alpha value is -2.89. The third-order valence-electron chi connectivity index (χ3n) is 5.43. The first kappa shape index (κ1) is 18.5. The number of piperidine rings is 1. The van der Waals surface area contributed by atoms with Crippen molar-refractivity contribution in [2.45, 2.75) is 38.7 Å². The van der Waals surface area contributed by atoms with Gasteiger partial charge in [-0.3, -0.25) is 4.79 Å². The van der Waals surface area contributed by atoms with Gasteiger partial charge in [-0.15, -0.1) is 0 Å². The van der Waals surface area contributed by atoms with Crippen LogP contribution >= 0.6 is 0 Å². The normalized spacial score (nSPS) is 17.8. The third kappa shape index (κ3) is 4.16. The van der Waals surface area contributed by atoms with E-state index in [-0.39, 0.29) is 6.10 Å². The van der Waals surface area contributed by atoms with Crippen LogP contribution in [-0.2, 0) is 4.79 Å². The van der Waals surface area contributed by atoms with Crippen molar-refractivity contribution in [3.05, 3.63) is 42.1 Å². The summed E-state index contributed by atoms with van der Waals surface area (Å²) in [4.78, 5) is 22.6. The summed E-state index contributed by atoms with van der Waals surface area (Å²) in [5.74, 6) is 2.12. The lowest BCUT2D eigenvalue weighted by molar-refractivity contribution is -0.134. The number of hydrogen-bond acceptors (Lipinski definition) is 4. The number of pyridine rings is 1. The lowest BCUT2D eigenvalue weighted by Gasteiger charge is -2.32. The highest BCUT2D eigenvalue weighted by atomic mass is 16.5. The minimum absolute atomic E-state index is 0.172. The zero-order valence-corrected chi connectivity index (χ0v) is 16.2. The van der Waals surface area contributed by atoms with Gasteiger partial charge in [-0.1, -0.05) is 12.1 Å². The molecule has 6 nitrogen and oxygen atoms in total. The van der Waals surface area contributed by atoms with E-state index in [4.69, 9.17) is 10.5 Å². The van der Waals surface area contributed by atoms with Gasteiger partial charge in [0.2, 0.25) is 5.91 Å². The van der Waals surface area contributed by atoms with Gasteiger partial charge in [0.25, 0.3) is 0 Å². The number of rotatable bonds is 5. The molecule has 1 amide bonds. The average molecular weight is 378 g/mol. The van der Waals surface area contributed by atoms with Gasteiger partial charge in [0.05, 0.1) is 6.34 Å². The molecule has 0 atom stereocenters. The zero-order chi connectivity index (χ0) is 19.5. The highest BCUT2D eigenvalue weighted by molar-refractivity contribution is 5.81. The van der Waals surface area contributed by atoms with E-state index in [0.29, 0.717) is 17.6 Å². The molecule has 1 saturated carbocycles. The van der Waals surface area contributed by atoms with Crippen molar-refractivity contribution in [1.82, 2.24) is 9.88 Å². The van der Waals surface area contributed by atoms with E-state index in [1.54, 1.807) is 0 Å². The fraction of sp³-hybridized carbons (Fsp3) is 0.409. The van der Waals surface area contributed by atoms with E-state index in [0.717, 1.165) is 61.3 Å². The number of ether oxygens (including phenoxy) is 1.